The molecule has 1 aromatic carbocycles. The van der Waals surface area contributed by atoms with E-state index in [1.54, 1.807) is 0 Å². The average Bonchev–Trinajstić information content (AvgIpc) is 2.97. The van der Waals surface area contributed by atoms with Gasteiger partial charge in [-0.3, -0.25) is 9.35 Å². The van der Waals surface area contributed by atoms with Crippen LogP contribution in [0.3, 0.4) is 0 Å². The summed E-state index contributed by atoms with van der Waals surface area (Å²) in [6.45, 7) is 2.22. The summed E-state index contributed by atoms with van der Waals surface area (Å²) < 4.78 is 31.2. The van der Waals surface area contributed by atoms with Gasteiger partial charge in [-0.15, -0.1) is 0 Å². The van der Waals surface area contributed by atoms with E-state index in [2.05, 4.69) is 12.0 Å². The van der Waals surface area contributed by atoms with Crippen LogP contribution in [0.15, 0.2) is 34.3 Å². The molecule has 0 aliphatic carbocycles. The SMILES string of the molecule is CCCCCCCCCCC1=NN(c2ccc(S(=O)(=O)O)cc2)C(=O)C1. The molecular formula is C19H28N2O4S. The molecular weight excluding hydrogens is 352 g/mol. The fraction of sp³-hybridized carbons (Fsp3) is 0.579. The molecule has 1 aliphatic heterocycles. The predicted molar refractivity (Wildman–Crippen MR) is 103 cm³/mol. The van der Waals surface area contributed by atoms with Gasteiger partial charge >= 0.3 is 0 Å². The topological polar surface area (TPSA) is 87.0 Å². The van der Waals surface area contributed by atoms with Gasteiger partial charge in [-0.05, 0) is 37.1 Å². The number of hydrogen-bond donors (Lipinski definition) is 1. The molecule has 1 N–H and O–H groups in total. The molecule has 0 unspecified atom stereocenters. The second kappa shape index (κ2) is 9.83. The van der Waals surface area contributed by atoms with Gasteiger partial charge in [0.1, 0.15) is 0 Å². The first kappa shape index (κ1) is 20.6. The quantitative estimate of drug-likeness (QED) is 0.450. The van der Waals surface area contributed by atoms with E-state index in [-0.39, 0.29) is 10.8 Å². The maximum absolute atomic E-state index is 12.1. The van der Waals surface area contributed by atoms with E-state index in [9.17, 15) is 13.2 Å². The minimum atomic E-state index is -4.23. The third-order valence-corrected chi connectivity index (χ3v) is 5.40. The van der Waals surface area contributed by atoms with Crippen LogP contribution in [0.4, 0.5) is 5.69 Å². The summed E-state index contributed by atoms with van der Waals surface area (Å²) in [7, 11) is -4.23. The highest BCUT2D eigenvalue weighted by Gasteiger charge is 2.25. The van der Waals surface area contributed by atoms with Crippen molar-refractivity contribution >= 4 is 27.4 Å². The Kier molecular flexibility index (Phi) is 7.78. The largest absolute Gasteiger partial charge is 0.294 e. The molecule has 2 rings (SSSR count). The smallest absolute Gasteiger partial charge is 0.282 e. The van der Waals surface area contributed by atoms with Gasteiger partial charge in [0.15, 0.2) is 0 Å². The molecule has 144 valence electrons. The fourth-order valence-electron chi connectivity index (χ4n) is 3.04. The van der Waals surface area contributed by atoms with Gasteiger partial charge in [0.05, 0.1) is 17.0 Å². The Balaban J connectivity index is 1.79. The molecule has 1 amide bonds. The number of nitrogens with zero attached hydrogens (tertiary/aromatic N) is 2. The van der Waals surface area contributed by atoms with E-state index in [4.69, 9.17) is 4.55 Å². The van der Waals surface area contributed by atoms with Crippen LogP contribution in [-0.4, -0.2) is 24.6 Å². The van der Waals surface area contributed by atoms with Gasteiger partial charge in [0, 0.05) is 5.71 Å². The standard InChI is InChI=1S/C19H28N2O4S/c1-2-3-4-5-6-7-8-9-10-16-15-19(22)21(20-16)17-11-13-18(14-12-17)26(23,24)25/h11-14H,2-10,15H2,1H3,(H,23,24,25). The summed E-state index contributed by atoms with van der Waals surface area (Å²) in [6.07, 6.45) is 11.0. The average molecular weight is 381 g/mol. The van der Waals surface area contributed by atoms with Gasteiger partial charge in [-0.2, -0.15) is 13.5 Å². The molecule has 0 radical (unpaired) electrons. The number of benzene rings is 1. The summed E-state index contributed by atoms with van der Waals surface area (Å²) in [5.41, 5.74) is 1.38. The maximum Gasteiger partial charge on any atom is 0.294 e. The number of rotatable bonds is 11. The van der Waals surface area contributed by atoms with Crippen molar-refractivity contribution in [1.29, 1.82) is 0 Å². The number of hydrogen-bond acceptors (Lipinski definition) is 4. The highest BCUT2D eigenvalue weighted by Crippen LogP contribution is 2.24. The molecule has 0 saturated heterocycles. The first-order chi connectivity index (χ1) is 12.4. The Morgan fingerprint density at radius 1 is 1.00 bits per heavy atom. The minimum Gasteiger partial charge on any atom is -0.282 e. The zero-order valence-corrected chi connectivity index (χ0v) is 16.2. The predicted octanol–water partition coefficient (Wildman–Crippen LogP) is 4.56. The lowest BCUT2D eigenvalue weighted by atomic mass is 10.1. The Hall–Kier alpha value is -1.73. The third kappa shape index (κ3) is 6.21. The van der Waals surface area contributed by atoms with Crippen LogP contribution in [0, 0.1) is 0 Å². The van der Waals surface area contributed by atoms with Crippen LogP contribution in [0.1, 0.15) is 71.1 Å². The number of carbonyl (C=O) groups is 1. The first-order valence-corrected chi connectivity index (χ1v) is 10.8. The number of unbranched alkanes of at least 4 members (excludes halogenated alkanes) is 7. The normalized spacial score (nSPS) is 14.8. The fourth-order valence-corrected chi connectivity index (χ4v) is 3.52. The Labute approximate surface area is 156 Å². The molecule has 1 heterocycles. The summed E-state index contributed by atoms with van der Waals surface area (Å²) in [5, 5.41) is 5.69. The minimum absolute atomic E-state index is 0.112. The van der Waals surface area contributed by atoms with Crippen LogP contribution < -0.4 is 5.01 Å². The zero-order valence-electron chi connectivity index (χ0n) is 15.4. The molecule has 6 nitrogen and oxygen atoms in total. The van der Waals surface area contributed by atoms with E-state index in [0.717, 1.165) is 25.0 Å². The molecule has 0 atom stereocenters. The van der Waals surface area contributed by atoms with Gasteiger partial charge in [-0.25, -0.2) is 5.01 Å². The lowest BCUT2D eigenvalue weighted by Crippen LogP contribution is -2.19. The van der Waals surface area contributed by atoms with Crippen molar-refractivity contribution in [2.45, 2.75) is 76.0 Å². The summed E-state index contributed by atoms with van der Waals surface area (Å²) in [4.78, 5) is 11.9. The summed E-state index contributed by atoms with van der Waals surface area (Å²) in [5.74, 6) is -0.112. The van der Waals surface area contributed by atoms with Crippen molar-refractivity contribution in [3.8, 4) is 0 Å². The summed E-state index contributed by atoms with van der Waals surface area (Å²) >= 11 is 0. The van der Waals surface area contributed by atoms with Crippen LogP contribution in [0.2, 0.25) is 0 Å². The molecule has 1 aromatic rings. The first-order valence-electron chi connectivity index (χ1n) is 9.38. The highest BCUT2D eigenvalue weighted by molar-refractivity contribution is 7.85. The van der Waals surface area contributed by atoms with Crippen molar-refractivity contribution in [1.82, 2.24) is 0 Å². The van der Waals surface area contributed by atoms with Gasteiger partial charge in [0.25, 0.3) is 16.0 Å². The molecule has 7 heteroatoms. The second-order valence-electron chi connectivity index (χ2n) is 6.74. The lowest BCUT2D eigenvalue weighted by Gasteiger charge is -2.11. The van der Waals surface area contributed by atoms with Crippen molar-refractivity contribution in [3.63, 3.8) is 0 Å². The van der Waals surface area contributed by atoms with Crippen molar-refractivity contribution in [2.75, 3.05) is 5.01 Å². The number of amides is 1. The van der Waals surface area contributed by atoms with Crippen molar-refractivity contribution in [3.05, 3.63) is 24.3 Å². The van der Waals surface area contributed by atoms with E-state index < -0.39 is 10.1 Å². The third-order valence-electron chi connectivity index (χ3n) is 4.53. The van der Waals surface area contributed by atoms with Crippen molar-refractivity contribution in [2.24, 2.45) is 5.10 Å². The Morgan fingerprint density at radius 2 is 1.58 bits per heavy atom. The Bertz CT molecular complexity index is 726. The highest BCUT2D eigenvalue weighted by atomic mass is 32.2. The Morgan fingerprint density at radius 3 is 2.15 bits per heavy atom. The van der Waals surface area contributed by atoms with Crippen molar-refractivity contribution < 1.29 is 17.8 Å². The molecule has 0 aromatic heterocycles. The molecule has 0 spiro atoms. The van der Waals surface area contributed by atoms with E-state index in [0.29, 0.717) is 12.1 Å². The number of hydrazone groups is 1. The zero-order chi connectivity index (χ0) is 19.0. The summed E-state index contributed by atoms with van der Waals surface area (Å²) in [6, 6.07) is 5.49. The molecule has 0 fully saturated rings. The van der Waals surface area contributed by atoms with E-state index in [1.165, 1.54) is 67.8 Å². The van der Waals surface area contributed by atoms with Gasteiger partial charge in [0.2, 0.25) is 0 Å². The number of anilines is 1. The second-order valence-corrected chi connectivity index (χ2v) is 8.16. The molecule has 1 aliphatic rings. The molecule has 26 heavy (non-hydrogen) atoms. The van der Waals surface area contributed by atoms with Gasteiger partial charge in [-0.1, -0.05) is 51.9 Å². The maximum atomic E-state index is 12.1. The van der Waals surface area contributed by atoms with E-state index in [1.807, 2.05) is 0 Å². The molecule has 0 saturated carbocycles. The van der Waals surface area contributed by atoms with Crippen LogP contribution in [0.5, 0.6) is 0 Å². The van der Waals surface area contributed by atoms with Gasteiger partial charge < -0.3 is 0 Å². The van der Waals surface area contributed by atoms with Crippen LogP contribution >= 0.6 is 0 Å². The van der Waals surface area contributed by atoms with Crippen LogP contribution in [-0.2, 0) is 14.9 Å². The van der Waals surface area contributed by atoms with Crippen LogP contribution in [0.25, 0.3) is 0 Å². The lowest BCUT2D eigenvalue weighted by molar-refractivity contribution is -0.116. The molecule has 0 bridgehead atoms. The number of carbonyl (C=O) groups excluding carboxylic acids is 1. The monoisotopic (exact) mass is 380 g/mol. The van der Waals surface area contributed by atoms with E-state index >= 15 is 0 Å².